The van der Waals surface area contributed by atoms with Gasteiger partial charge in [0.15, 0.2) is 0 Å². The number of hydrogen-bond donors (Lipinski definition) is 2. The van der Waals surface area contributed by atoms with E-state index in [0.717, 1.165) is 5.56 Å². The van der Waals surface area contributed by atoms with Crippen molar-refractivity contribution >= 4 is 11.9 Å². The van der Waals surface area contributed by atoms with Crippen LogP contribution in [-0.2, 0) is 15.0 Å². The SMILES string of the molecule is CC(C)C[C@@H](NC(=O)C(C)(C)c1ccccc1)C(=O)O. The van der Waals surface area contributed by atoms with Crippen LogP contribution < -0.4 is 5.32 Å². The van der Waals surface area contributed by atoms with Crippen LogP contribution >= 0.6 is 0 Å². The second-order valence-corrected chi connectivity index (χ2v) is 5.98. The highest BCUT2D eigenvalue weighted by Gasteiger charge is 2.32. The zero-order valence-corrected chi connectivity index (χ0v) is 12.5. The summed E-state index contributed by atoms with van der Waals surface area (Å²) in [6, 6.07) is 8.53. The molecular weight excluding hydrogens is 254 g/mol. The van der Waals surface area contributed by atoms with Crippen LogP contribution in [0, 0.1) is 5.92 Å². The van der Waals surface area contributed by atoms with E-state index < -0.39 is 17.4 Å². The predicted octanol–water partition coefficient (Wildman–Crippen LogP) is 2.58. The summed E-state index contributed by atoms with van der Waals surface area (Å²) in [7, 11) is 0. The van der Waals surface area contributed by atoms with E-state index in [9.17, 15) is 14.7 Å². The Bertz CT molecular complexity index is 466. The molecule has 1 atom stereocenters. The fraction of sp³-hybridized carbons (Fsp3) is 0.500. The van der Waals surface area contributed by atoms with E-state index in [1.54, 1.807) is 13.8 Å². The monoisotopic (exact) mass is 277 g/mol. The van der Waals surface area contributed by atoms with Crippen LogP contribution in [0.2, 0.25) is 0 Å². The average Bonchev–Trinajstić information content (AvgIpc) is 2.38. The van der Waals surface area contributed by atoms with Gasteiger partial charge in [-0.3, -0.25) is 4.79 Å². The summed E-state index contributed by atoms with van der Waals surface area (Å²) in [5.74, 6) is -1.05. The van der Waals surface area contributed by atoms with Crippen LogP contribution in [0.5, 0.6) is 0 Å². The largest absolute Gasteiger partial charge is 0.480 e. The number of carboxylic acid groups (broad SMARTS) is 1. The maximum Gasteiger partial charge on any atom is 0.326 e. The molecule has 0 saturated carbocycles. The van der Waals surface area contributed by atoms with Crippen LogP contribution in [0.3, 0.4) is 0 Å². The summed E-state index contributed by atoms with van der Waals surface area (Å²) in [6.07, 6.45) is 0.423. The highest BCUT2D eigenvalue weighted by molar-refractivity contribution is 5.90. The van der Waals surface area contributed by atoms with E-state index in [0.29, 0.717) is 6.42 Å². The van der Waals surface area contributed by atoms with Crippen molar-refractivity contribution in [3.63, 3.8) is 0 Å². The predicted molar refractivity (Wildman–Crippen MR) is 78.5 cm³/mol. The normalized spacial score (nSPS) is 13.1. The Morgan fingerprint density at radius 2 is 1.75 bits per heavy atom. The highest BCUT2D eigenvalue weighted by Crippen LogP contribution is 2.23. The third-order valence-electron chi connectivity index (χ3n) is 3.37. The molecule has 0 saturated heterocycles. The Morgan fingerprint density at radius 3 is 2.20 bits per heavy atom. The molecule has 1 rings (SSSR count). The van der Waals surface area contributed by atoms with Gasteiger partial charge < -0.3 is 10.4 Å². The van der Waals surface area contributed by atoms with Crippen molar-refractivity contribution in [2.24, 2.45) is 5.92 Å². The van der Waals surface area contributed by atoms with Crippen LogP contribution in [0.4, 0.5) is 0 Å². The van der Waals surface area contributed by atoms with E-state index in [1.165, 1.54) is 0 Å². The van der Waals surface area contributed by atoms with Gasteiger partial charge in [-0.1, -0.05) is 44.2 Å². The molecule has 0 spiro atoms. The molecule has 0 radical (unpaired) electrons. The Morgan fingerprint density at radius 1 is 1.20 bits per heavy atom. The van der Waals surface area contributed by atoms with Gasteiger partial charge in [-0.25, -0.2) is 4.79 Å². The lowest BCUT2D eigenvalue weighted by Gasteiger charge is -2.27. The third kappa shape index (κ3) is 4.08. The van der Waals surface area contributed by atoms with Gasteiger partial charge in [0, 0.05) is 0 Å². The quantitative estimate of drug-likeness (QED) is 0.840. The van der Waals surface area contributed by atoms with Crippen molar-refractivity contribution < 1.29 is 14.7 Å². The molecule has 110 valence electrons. The molecule has 20 heavy (non-hydrogen) atoms. The number of nitrogens with one attached hydrogen (secondary N) is 1. The molecular formula is C16H23NO3. The molecule has 1 aromatic rings. The molecule has 1 amide bonds. The maximum absolute atomic E-state index is 12.4. The second kappa shape index (κ2) is 6.55. The number of aliphatic carboxylic acids is 1. The minimum Gasteiger partial charge on any atom is -0.480 e. The summed E-state index contributed by atoms with van der Waals surface area (Å²) in [5.41, 5.74) is 0.109. The first-order valence-electron chi connectivity index (χ1n) is 6.84. The standard InChI is InChI=1S/C16H23NO3/c1-11(2)10-13(14(18)19)17-15(20)16(3,4)12-8-6-5-7-9-12/h5-9,11,13H,10H2,1-4H3,(H,17,20)(H,18,19)/t13-/m1/s1. The topological polar surface area (TPSA) is 66.4 Å². The number of carboxylic acids is 1. The van der Waals surface area contributed by atoms with Crippen molar-refractivity contribution in [1.82, 2.24) is 5.32 Å². The summed E-state index contributed by atoms with van der Waals surface area (Å²) < 4.78 is 0. The lowest BCUT2D eigenvalue weighted by molar-refractivity contribution is -0.143. The molecule has 4 nitrogen and oxygen atoms in total. The Balaban J connectivity index is 2.85. The zero-order valence-electron chi connectivity index (χ0n) is 12.5. The lowest BCUT2D eigenvalue weighted by Crippen LogP contribution is -2.48. The molecule has 0 heterocycles. The molecule has 0 unspecified atom stereocenters. The summed E-state index contributed by atoms with van der Waals surface area (Å²) in [5, 5.41) is 11.8. The summed E-state index contributed by atoms with van der Waals surface area (Å²) >= 11 is 0. The van der Waals surface area contributed by atoms with Crippen molar-refractivity contribution in [3.05, 3.63) is 35.9 Å². The van der Waals surface area contributed by atoms with Gasteiger partial charge in [0.05, 0.1) is 5.41 Å². The highest BCUT2D eigenvalue weighted by atomic mass is 16.4. The maximum atomic E-state index is 12.4. The van der Waals surface area contributed by atoms with E-state index in [2.05, 4.69) is 5.32 Å². The van der Waals surface area contributed by atoms with Gasteiger partial charge in [0.1, 0.15) is 6.04 Å². The number of amides is 1. The number of carbonyl (C=O) groups is 2. The van der Waals surface area contributed by atoms with Gasteiger partial charge in [-0.2, -0.15) is 0 Å². The second-order valence-electron chi connectivity index (χ2n) is 5.98. The molecule has 4 heteroatoms. The minimum atomic E-state index is -0.990. The molecule has 2 N–H and O–H groups in total. The fourth-order valence-corrected chi connectivity index (χ4v) is 2.02. The van der Waals surface area contributed by atoms with Crippen molar-refractivity contribution in [1.29, 1.82) is 0 Å². The van der Waals surface area contributed by atoms with Crippen LogP contribution in [-0.4, -0.2) is 23.0 Å². The first-order chi connectivity index (χ1) is 9.25. The van der Waals surface area contributed by atoms with Crippen molar-refractivity contribution in [2.45, 2.75) is 45.6 Å². The number of carbonyl (C=O) groups excluding carboxylic acids is 1. The van der Waals surface area contributed by atoms with Gasteiger partial charge in [0.2, 0.25) is 5.91 Å². The average molecular weight is 277 g/mol. The van der Waals surface area contributed by atoms with Gasteiger partial charge in [0.25, 0.3) is 0 Å². The Labute approximate surface area is 120 Å². The molecule has 0 aliphatic rings. The van der Waals surface area contributed by atoms with E-state index in [-0.39, 0.29) is 11.8 Å². The fourth-order valence-electron chi connectivity index (χ4n) is 2.02. The lowest BCUT2D eigenvalue weighted by atomic mass is 9.83. The van der Waals surface area contributed by atoms with E-state index >= 15 is 0 Å². The van der Waals surface area contributed by atoms with Gasteiger partial charge in [-0.15, -0.1) is 0 Å². The Hall–Kier alpha value is -1.84. The van der Waals surface area contributed by atoms with Crippen LogP contribution in [0.25, 0.3) is 0 Å². The molecule has 0 fully saturated rings. The summed E-state index contributed by atoms with van der Waals surface area (Å²) in [4.78, 5) is 23.6. The molecule has 1 aromatic carbocycles. The van der Waals surface area contributed by atoms with E-state index in [1.807, 2.05) is 44.2 Å². The number of hydrogen-bond acceptors (Lipinski definition) is 2. The van der Waals surface area contributed by atoms with Gasteiger partial charge in [-0.05, 0) is 31.7 Å². The number of benzene rings is 1. The molecule has 0 aliphatic heterocycles. The number of rotatable bonds is 6. The van der Waals surface area contributed by atoms with Crippen molar-refractivity contribution in [2.75, 3.05) is 0 Å². The first-order valence-corrected chi connectivity index (χ1v) is 6.84. The van der Waals surface area contributed by atoms with Crippen molar-refractivity contribution in [3.8, 4) is 0 Å². The zero-order chi connectivity index (χ0) is 15.3. The van der Waals surface area contributed by atoms with Gasteiger partial charge >= 0.3 is 5.97 Å². The summed E-state index contributed by atoms with van der Waals surface area (Å²) in [6.45, 7) is 7.47. The van der Waals surface area contributed by atoms with E-state index in [4.69, 9.17) is 0 Å². The molecule has 0 bridgehead atoms. The smallest absolute Gasteiger partial charge is 0.326 e. The molecule has 0 aliphatic carbocycles. The minimum absolute atomic E-state index is 0.205. The van der Waals surface area contributed by atoms with Crippen LogP contribution in [0.1, 0.15) is 39.7 Å². The Kier molecular flexibility index (Phi) is 5.31. The molecule has 0 aromatic heterocycles. The van der Waals surface area contributed by atoms with Crippen LogP contribution in [0.15, 0.2) is 30.3 Å². The third-order valence-corrected chi connectivity index (χ3v) is 3.37. The first kappa shape index (κ1) is 16.2.